The summed E-state index contributed by atoms with van der Waals surface area (Å²) in [5.74, 6) is -0.291. The molecule has 4 heteroatoms. The molecule has 0 fully saturated rings. The molecular formula is C24H47O3P. The Kier molecular flexibility index (Phi) is 22.6. The van der Waals surface area contributed by atoms with Crippen LogP contribution in [-0.4, -0.2) is 12.1 Å². The van der Waals surface area contributed by atoms with Crippen molar-refractivity contribution in [3.05, 3.63) is 12.3 Å². The minimum atomic E-state index is -0.462. The molecular weight excluding hydrogens is 367 g/mol. The van der Waals surface area contributed by atoms with Crippen molar-refractivity contribution < 1.29 is 14.1 Å². The predicted molar refractivity (Wildman–Crippen MR) is 124 cm³/mol. The molecule has 0 aromatic rings. The summed E-state index contributed by atoms with van der Waals surface area (Å²) < 4.78 is 10.3. The second-order valence-electron chi connectivity index (χ2n) is 7.96. The zero-order chi connectivity index (χ0) is 20.7. The molecule has 0 bridgehead atoms. The molecule has 2 unspecified atom stereocenters. The van der Waals surface area contributed by atoms with Crippen LogP contribution in [0.1, 0.15) is 129 Å². The van der Waals surface area contributed by atoms with Gasteiger partial charge in [0.05, 0.1) is 6.26 Å². The van der Waals surface area contributed by atoms with Crippen molar-refractivity contribution in [2.24, 2.45) is 0 Å². The van der Waals surface area contributed by atoms with Crippen molar-refractivity contribution in [3.8, 4) is 0 Å². The first-order valence-electron chi connectivity index (χ1n) is 12.0. The number of carbonyl (C=O) groups is 1. The number of hydrogen-bond donors (Lipinski definition) is 0. The van der Waals surface area contributed by atoms with Crippen LogP contribution in [0.3, 0.4) is 0 Å². The Hall–Kier alpha value is -0.400. The molecule has 2 atom stereocenters. The molecule has 0 spiro atoms. The van der Waals surface area contributed by atoms with Crippen LogP contribution in [0.25, 0.3) is 0 Å². The van der Waals surface area contributed by atoms with Gasteiger partial charge in [0.25, 0.3) is 0 Å². The summed E-state index contributed by atoms with van der Waals surface area (Å²) in [6.45, 7) is 4.38. The third kappa shape index (κ3) is 18.9. The largest absolute Gasteiger partial charge is 0.433 e. The zero-order valence-electron chi connectivity index (χ0n) is 18.8. The Morgan fingerprint density at radius 1 is 0.750 bits per heavy atom. The zero-order valence-corrected chi connectivity index (χ0v) is 19.9. The predicted octanol–water partition coefficient (Wildman–Crippen LogP) is 8.28. The van der Waals surface area contributed by atoms with Gasteiger partial charge in [0.1, 0.15) is 0 Å². The first-order valence-corrected chi connectivity index (χ1v) is 12.4. The van der Waals surface area contributed by atoms with Gasteiger partial charge < -0.3 is 9.26 Å². The molecule has 3 nitrogen and oxygen atoms in total. The highest BCUT2D eigenvalue weighted by Gasteiger charge is 2.17. The lowest BCUT2D eigenvalue weighted by Crippen LogP contribution is -2.21. The van der Waals surface area contributed by atoms with Crippen molar-refractivity contribution in [3.63, 3.8) is 0 Å². The van der Waals surface area contributed by atoms with E-state index in [1.54, 1.807) is 0 Å². The lowest BCUT2D eigenvalue weighted by molar-refractivity contribution is -0.145. The number of allylic oxidation sites excluding steroid dienone is 1. The molecule has 0 radical (unpaired) electrons. The highest BCUT2D eigenvalue weighted by molar-refractivity contribution is 7.09. The maximum absolute atomic E-state index is 11.8. The number of esters is 1. The fourth-order valence-corrected chi connectivity index (χ4v) is 3.59. The van der Waals surface area contributed by atoms with Crippen molar-refractivity contribution in [1.82, 2.24) is 0 Å². The van der Waals surface area contributed by atoms with E-state index in [2.05, 4.69) is 23.3 Å². The van der Waals surface area contributed by atoms with Gasteiger partial charge in [0.2, 0.25) is 0 Å². The molecule has 0 saturated heterocycles. The quantitative estimate of drug-likeness (QED) is 0.0820. The third-order valence-electron chi connectivity index (χ3n) is 5.25. The van der Waals surface area contributed by atoms with Crippen molar-refractivity contribution in [2.75, 3.05) is 0 Å². The smallest absolute Gasteiger partial charge is 0.340 e. The van der Waals surface area contributed by atoms with Crippen LogP contribution in [-0.2, 0) is 14.1 Å². The van der Waals surface area contributed by atoms with Gasteiger partial charge >= 0.3 is 5.97 Å². The van der Waals surface area contributed by atoms with Crippen molar-refractivity contribution >= 4 is 15.4 Å². The van der Waals surface area contributed by atoms with Crippen molar-refractivity contribution in [2.45, 2.75) is 136 Å². The molecule has 0 amide bonds. The summed E-state index contributed by atoms with van der Waals surface area (Å²) >= 11 is 0. The van der Waals surface area contributed by atoms with Gasteiger partial charge in [-0.15, -0.1) is 0 Å². The van der Waals surface area contributed by atoms with Gasteiger partial charge in [-0.3, -0.25) is 0 Å². The molecule has 0 aromatic carbocycles. The first kappa shape index (κ1) is 27.6. The van der Waals surface area contributed by atoms with Gasteiger partial charge in [0, 0.05) is 9.47 Å². The number of ether oxygens (including phenoxy) is 1. The normalized spacial score (nSPS) is 12.5. The summed E-state index contributed by atoms with van der Waals surface area (Å²) in [7, 11) is 2.17. The van der Waals surface area contributed by atoms with E-state index in [9.17, 15) is 4.79 Å². The summed E-state index contributed by atoms with van der Waals surface area (Å²) in [4.78, 5) is 11.8. The van der Waals surface area contributed by atoms with Crippen LogP contribution in [0.4, 0.5) is 0 Å². The van der Waals surface area contributed by atoms with E-state index < -0.39 is 6.10 Å². The third-order valence-corrected chi connectivity index (χ3v) is 5.58. The summed E-state index contributed by atoms with van der Waals surface area (Å²) in [6.07, 6.45) is 26.0. The average molecular weight is 415 g/mol. The van der Waals surface area contributed by atoms with E-state index in [1.165, 1.54) is 96.2 Å². The Balaban J connectivity index is 3.34. The van der Waals surface area contributed by atoms with E-state index in [0.717, 1.165) is 19.3 Å². The molecule has 166 valence electrons. The monoisotopic (exact) mass is 414 g/mol. The first-order chi connectivity index (χ1) is 13.8. The Bertz CT molecular complexity index is 358. The average Bonchev–Trinajstić information content (AvgIpc) is 2.70. The fourth-order valence-electron chi connectivity index (χ4n) is 3.35. The highest BCUT2D eigenvalue weighted by Crippen LogP contribution is 2.14. The molecule has 0 aromatic heterocycles. The Morgan fingerprint density at radius 3 is 1.68 bits per heavy atom. The SMILES string of the molecule is CCCCCCCCCCCCCCCCC=COC(=O)C(CCCC)OP. The maximum Gasteiger partial charge on any atom is 0.340 e. The molecule has 0 N–H and O–H groups in total. The highest BCUT2D eigenvalue weighted by atomic mass is 31.0. The molecule has 0 aliphatic heterocycles. The molecule has 0 heterocycles. The van der Waals surface area contributed by atoms with Crippen LogP contribution in [0, 0.1) is 0 Å². The van der Waals surface area contributed by atoms with Gasteiger partial charge in [-0.25, -0.2) is 4.79 Å². The molecule has 28 heavy (non-hydrogen) atoms. The van der Waals surface area contributed by atoms with Crippen LogP contribution >= 0.6 is 9.47 Å². The summed E-state index contributed by atoms with van der Waals surface area (Å²) in [6, 6.07) is 0. The second kappa shape index (κ2) is 22.9. The van der Waals surface area contributed by atoms with E-state index in [1.807, 2.05) is 6.08 Å². The van der Waals surface area contributed by atoms with Crippen LogP contribution in [0.15, 0.2) is 12.3 Å². The Morgan fingerprint density at radius 2 is 1.21 bits per heavy atom. The number of unbranched alkanes of at least 4 members (excludes halogenated alkanes) is 15. The van der Waals surface area contributed by atoms with Crippen molar-refractivity contribution in [1.29, 1.82) is 0 Å². The minimum Gasteiger partial charge on any atom is -0.433 e. The number of rotatable bonds is 21. The van der Waals surface area contributed by atoms with Gasteiger partial charge in [-0.05, 0) is 25.3 Å². The van der Waals surface area contributed by atoms with Crippen LogP contribution in [0.2, 0.25) is 0 Å². The molecule has 0 aliphatic carbocycles. The number of hydrogen-bond acceptors (Lipinski definition) is 3. The molecule has 0 aliphatic rings. The van der Waals surface area contributed by atoms with E-state index in [0.29, 0.717) is 6.42 Å². The topological polar surface area (TPSA) is 35.5 Å². The van der Waals surface area contributed by atoms with Crippen LogP contribution in [0.5, 0.6) is 0 Å². The summed E-state index contributed by atoms with van der Waals surface area (Å²) in [5.41, 5.74) is 0. The lowest BCUT2D eigenvalue weighted by atomic mass is 10.0. The van der Waals surface area contributed by atoms with E-state index in [4.69, 9.17) is 9.26 Å². The Labute approximate surface area is 177 Å². The number of carbonyl (C=O) groups excluding carboxylic acids is 1. The molecule has 0 saturated carbocycles. The fraction of sp³-hybridized carbons (Fsp3) is 0.875. The van der Waals surface area contributed by atoms with E-state index >= 15 is 0 Å². The van der Waals surface area contributed by atoms with Crippen LogP contribution < -0.4 is 0 Å². The summed E-state index contributed by atoms with van der Waals surface area (Å²) in [5, 5.41) is 0. The van der Waals surface area contributed by atoms with Gasteiger partial charge in [-0.2, -0.15) is 0 Å². The lowest BCUT2D eigenvalue weighted by Gasteiger charge is -2.11. The standard InChI is InChI=1S/C24H47O3P/c1-3-5-7-8-9-10-11-12-13-14-15-16-17-18-19-20-22-26-24(25)23(27-28)21-6-4-2/h20,22-23H,3-19,21,28H2,1-2H3. The second-order valence-corrected chi connectivity index (χ2v) is 8.23. The molecule has 0 rings (SSSR count). The maximum atomic E-state index is 11.8. The van der Waals surface area contributed by atoms with E-state index in [-0.39, 0.29) is 5.97 Å². The van der Waals surface area contributed by atoms with Gasteiger partial charge in [-0.1, -0.05) is 110 Å². The minimum absolute atomic E-state index is 0.291. The van der Waals surface area contributed by atoms with Gasteiger partial charge in [0.15, 0.2) is 6.10 Å².